The third-order valence-electron chi connectivity index (χ3n) is 2.88. The van der Waals surface area contributed by atoms with Gasteiger partial charge in [-0.2, -0.15) is 0 Å². The average molecular weight is 299 g/mol. The third kappa shape index (κ3) is 3.44. The Bertz CT molecular complexity index is 433. The number of carbonyl (C=O) groups excluding carboxylic acids is 1. The van der Waals surface area contributed by atoms with Crippen molar-refractivity contribution in [2.24, 2.45) is 11.7 Å². The van der Waals surface area contributed by atoms with Crippen molar-refractivity contribution in [2.75, 3.05) is 5.32 Å². The van der Waals surface area contributed by atoms with Crippen molar-refractivity contribution in [1.82, 2.24) is 0 Å². The summed E-state index contributed by atoms with van der Waals surface area (Å²) in [5.74, 6) is 0.399. The van der Waals surface area contributed by atoms with Gasteiger partial charge in [0, 0.05) is 16.9 Å². The molecule has 4 N–H and O–H groups in total. The molecule has 0 spiro atoms. The molecule has 5 heteroatoms. The molecule has 1 saturated carbocycles. The predicted molar refractivity (Wildman–Crippen MR) is 69.8 cm³/mol. The number of amides is 1. The molecule has 1 unspecified atom stereocenters. The van der Waals surface area contributed by atoms with Crippen LogP contribution in [-0.4, -0.2) is 17.1 Å². The molecule has 1 amide bonds. The van der Waals surface area contributed by atoms with Crippen LogP contribution in [0.3, 0.4) is 0 Å². The van der Waals surface area contributed by atoms with E-state index in [0.29, 0.717) is 18.0 Å². The van der Waals surface area contributed by atoms with E-state index in [-0.39, 0.29) is 17.7 Å². The van der Waals surface area contributed by atoms with Gasteiger partial charge in [-0.15, -0.1) is 0 Å². The fraction of sp³-hybridized carbons (Fsp3) is 0.417. The molecule has 0 heterocycles. The Balaban J connectivity index is 1.94. The molecule has 1 aromatic carbocycles. The Morgan fingerprint density at radius 2 is 2.29 bits per heavy atom. The van der Waals surface area contributed by atoms with Crippen LogP contribution in [0.2, 0.25) is 0 Å². The molecule has 4 nitrogen and oxygen atoms in total. The highest BCUT2D eigenvalue weighted by atomic mass is 79.9. The summed E-state index contributed by atoms with van der Waals surface area (Å²) >= 11 is 3.28. The van der Waals surface area contributed by atoms with Gasteiger partial charge in [-0.05, 0) is 37.0 Å². The molecule has 2 rings (SSSR count). The second-order valence-electron chi connectivity index (χ2n) is 4.42. The number of rotatable bonds is 4. The molecule has 1 fully saturated rings. The van der Waals surface area contributed by atoms with Crippen molar-refractivity contribution < 1.29 is 9.90 Å². The van der Waals surface area contributed by atoms with E-state index in [1.54, 1.807) is 12.1 Å². The van der Waals surface area contributed by atoms with Crippen molar-refractivity contribution in [3.63, 3.8) is 0 Å². The summed E-state index contributed by atoms with van der Waals surface area (Å²) in [5.41, 5.74) is 6.28. The van der Waals surface area contributed by atoms with Crippen molar-refractivity contribution in [1.29, 1.82) is 0 Å². The monoisotopic (exact) mass is 298 g/mol. The molecule has 0 bridgehead atoms. The maximum atomic E-state index is 11.7. The maximum absolute atomic E-state index is 11.7. The van der Waals surface area contributed by atoms with Crippen LogP contribution >= 0.6 is 15.9 Å². The van der Waals surface area contributed by atoms with E-state index >= 15 is 0 Å². The molecule has 1 atom stereocenters. The number of carbonyl (C=O) groups is 1. The van der Waals surface area contributed by atoms with Crippen LogP contribution < -0.4 is 11.1 Å². The van der Waals surface area contributed by atoms with Crippen molar-refractivity contribution >= 4 is 27.5 Å². The average Bonchev–Trinajstić information content (AvgIpc) is 3.06. The summed E-state index contributed by atoms with van der Waals surface area (Å²) in [6.45, 7) is 0. The highest BCUT2D eigenvalue weighted by Crippen LogP contribution is 2.33. The van der Waals surface area contributed by atoms with Crippen molar-refractivity contribution in [3.8, 4) is 5.75 Å². The molecule has 1 aromatic rings. The van der Waals surface area contributed by atoms with Gasteiger partial charge in [-0.3, -0.25) is 4.79 Å². The van der Waals surface area contributed by atoms with E-state index < -0.39 is 0 Å². The molecule has 0 aliphatic heterocycles. The second-order valence-corrected chi connectivity index (χ2v) is 5.33. The van der Waals surface area contributed by atoms with Gasteiger partial charge in [0.1, 0.15) is 5.75 Å². The van der Waals surface area contributed by atoms with Crippen LogP contribution in [-0.2, 0) is 4.79 Å². The lowest BCUT2D eigenvalue weighted by Crippen LogP contribution is -2.28. The normalized spacial score (nSPS) is 16.6. The van der Waals surface area contributed by atoms with Crippen molar-refractivity contribution in [2.45, 2.75) is 25.3 Å². The third-order valence-corrected chi connectivity index (χ3v) is 3.37. The first-order chi connectivity index (χ1) is 8.06. The number of nitrogens with two attached hydrogens (primary N) is 1. The van der Waals surface area contributed by atoms with Crippen LogP contribution in [0.5, 0.6) is 5.75 Å². The van der Waals surface area contributed by atoms with Crippen molar-refractivity contribution in [3.05, 3.63) is 22.7 Å². The number of phenolic OH excluding ortho intramolecular Hbond substituents is 1. The SMILES string of the molecule is NC(CC(=O)Nc1cc(Br)ccc1O)C1CC1. The topological polar surface area (TPSA) is 75.4 Å². The second kappa shape index (κ2) is 5.06. The fourth-order valence-electron chi connectivity index (χ4n) is 1.71. The van der Waals surface area contributed by atoms with Gasteiger partial charge in [0.15, 0.2) is 0 Å². The number of halogens is 1. The van der Waals surface area contributed by atoms with Gasteiger partial charge in [0.05, 0.1) is 5.69 Å². The fourth-order valence-corrected chi connectivity index (χ4v) is 2.08. The van der Waals surface area contributed by atoms with E-state index in [0.717, 1.165) is 17.3 Å². The summed E-state index contributed by atoms with van der Waals surface area (Å²) in [6.07, 6.45) is 2.55. The molecule has 0 saturated heterocycles. The zero-order valence-electron chi connectivity index (χ0n) is 9.32. The first-order valence-corrected chi connectivity index (χ1v) is 6.39. The van der Waals surface area contributed by atoms with Crippen LogP contribution in [0.4, 0.5) is 5.69 Å². The summed E-state index contributed by atoms with van der Waals surface area (Å²) < 4.78 is 0.803. The number of anilines is 1. The highest BCUT2D eigenvalue weighted by molar-refractivity contribution is 9.10. The Hall–Kier alpha value is -1.07. The van der Waals surface area contributed by atoms with E-state index in [2.05, 4.69) is 21.2 Å². The lowest BCUT2D eigenvalue weighted by atomic mass is 10.1. The van der Waals surface area contributed by atoms with Gasteiger partial charge in [-0.1, -0.05) is 15.9 Å². The Labute approximate surface area is 108 Å². The van der Waals surface area contributed by atoms with Crippen LogP contribution in [0.15, 0.2) is 22.7 Å². The van der Waals surface area contributed by atoms with E-state index in [9.17, 15) is 9.90 Å². The van der Waals surface area contributed by atoms with E-state index in [1.807, 2.05) is 0 Å². The molecule has 17 heavy (non-hydrogen) atoms. The maximum Gasteiger partial charge on any atom is 0.226 e. The van der Waals surface area contributed by atoms with E-state index in [4.69, 9.17) is 5.73 Å². The quantitative estimate of drug-likeness (QED) is 0.746. The lowest BCUT2D eigenvalue weighted by molar-refractivity contribution is -0.116. The molecule has 0 radical (unpaired) electrons. The van der Waals surface area contributed by atoms with E-state index in [1.165, 1.54) is 6.07 Å². The zero-order chi connectivity index (χ0) is 12.4. The first-order valence-electron chi connectivity index (χ1n) is 5.60. The Kier molecular flexibility index (Phi) is 3.69. The summed E-state index contributed by atoms with van der Waals surface area (Å²) in [7, 11) is 0. The zero-order valence-corrected chi connectivity index (χ0v) is 10.9. The minimum absolute atomic E-state index is 0.0570. The lowest BCUT2D eigenvalue weighted by Gasteiger charge is -2.11. The number of hydrogen-bond donors (Lipinski definition) is 3. The van der Waals surface area contributed by atoms with Crippen LogP contribution in [0.25, 0.3) is 0 Å². The molecule has 0 aromatic heterocycles. The summed E-state index contributed by atoms with van der Waals surface area (Å²) in [6, 6.07) is 4.83. The number of phenols is 1. The molecular formula is C12H15BrN2O2. The standard InChI is InChI=1S/C12H15BrN2O2/c13-8-3-4-11(16)10(5-8)15-12(17)6-9(14)7-1-2-7/h3-5,7,9,16H,1-2,6,14H2,(H,15,17). The minimum atomic E-state index is -0.155. The molecule has 1 aliphatic carbocycles. The van der Waals surface area contributed by atoms with Crippen LogP contribution in [0.1, 0.15) is 19.3 Å². The summed E-state index contributed by atoms with van der Waals surface area (Å²) in [4.78, 5) is 11.7. The summed E-state index contributed by atoms with van der Waals surface area (Å²) in [5, 5.41) is 12.2. The molecular weight excluding hydrogens is 284 g/mol. The first kappa shape index (κ1) is 12.4. The number of nitrogens with one attached hydrogen (secondary N) is 1. The minimum Gasteiger partial charge on any atom is -0.506 e. The van der Waals surface area contributed by atoms with Gasteiger partial charge >= 0.3 is 0 Å². The van der Waals surface area contributed by atoms with Gasteiger partial charge in [-0.25, -0.2) is 0 Å². The number of benzene rings is 1. The van der Waals surface area contributed by atoms with Crippen LogP contribution in [0, 0.1) is 5.92 Å². The predicted octanol–water partition coefficient (Wildman–Crippen LogP) is 2.22. The van der Waals surface area contributed by atoms with Gasteiger partial charge < -0.3 is 16.2 Å². The number of aromatic hydroxyl groups is 1. The Morgan fingerprint density at radius 3 is 2.94 bits per heavy atom. The Morgan fingerprint density at radius 1 is 1.59 bits per heavy atom. The molecule has 92 valence electrons. The smallest absolute Gasteiger partial charge is 0.226 e. The molecule has 1 aliphatic rings. The highest BCUT2D eigenvalue weighted by Gasteiger charge is 2.29. The van der Waals surface area contributed by atoms with Gasteiger partial charge in [0.2, 0.25) is 5.91 Å². The van der Waals surface area contributed by atoms with Gasteiger partial charge in [0.25, 0.3) is 0 Å². The largest absolute Gasteiger partial charge is 0.506 e. The number of hydrogen-bond acceptors (Lipinski definition) is 3.